The number of furan rings is 1. The Kier molecular flexibility index (Phi) is 4.42. The normalized spacial score (nSPS) is 12.3. The van der Waals surface area contributed by atoms with Crippen LogP contribution in [0.4, 0.5) is 0 Å². The second-order valence-corrected chi connectivity index (χ2v) is 5.00. The minimum absolute atomic E-state index is 0.0871. The number of nitrogens with one attached hydrogen (secondary N) is 1. The predicted octanol–water partition coefficient (Wildman–Crippen LogP) is 1.36. The molecule has 0 aliphatic rings. The Bertz CT molecular complexity index is 616. The third kappa shape index (κ3) is 3.71. The van der Waals surface area contributed by atoms with Crippen LogP contribution >= 0.6 is 0 Å². The number of carbonyl (C=O) groups is 2. The number of carboxylic acid groups (broad SMARTS) is 1. The van der Waals surface area contributed by atoms with Crippen molar-refractivity contribution in [2.24, 2.45) is 5.92 Å². The highest BCUT2D eigenvalue weighted by atomic mass is 16.4. The van der Waals surface area contributed by atoms with Gasteiger partial charge < -0.3 is 14.8 Å². The van der Waals surface area contributed by atoms with Gasteiger partial charge in [0.15, 0.2) is 5.76 Å². The van der Waals surface area contributed by atoms with Crippen molar-refractivity contribution in [2.75, 3.05) is 0 Å². The smallest absolute Gasteiger partial charge is 0.326 e. The molecule has 0 saturated carbocycles. The van der Waals surface area contributed by atoms with Gasteiger partial charge in [0.05, 0.1) is 6.54 Å². The first-order chi connectivity index (χ1) is 9.97. The monoisotopic (exact) mass is 291 g/mol. The average molecular weight is 291 g/mol. The van der Waals surface area contributed by atoms with Crippen molar-refractivity contribution in [1.29, 1.82) is 0 Å². The number of carbonyl (C=O) groups excluding carboxylic acids is 1. The van der Waals surface area contributed by atoms with Gasteiger partial charge in [0.25, 0.3) is 5.91 Å². The summed E-state index contributed by atoms with van der Waals surface area (Å²) in [6.45, 7) is 3.86. The van der Waals surface area contributed by atoms with Crippen molar-refractivity contribution in [3.8, 4) is 0 Å². The molecule has 2 aromatic heterocycles. The SMILES string of the molecule is CC(C)[C@H](NC(=O)c1ccc(Cn2cccn2)o1)C(=O)O. The van der Waals surface area contributed by atoms with Crippen LogP contribution < -0.4 is 5.32 Å². The zero-order chi connectivity index (χ0) is 15.4. The van der Waals surface area contributed by atoms with E-state index in [0.717, 1.165) is 0 Å². The molecule has 1 atom stereocenters. The predicted molar refractivity (Wildman–Crippen MR) is 73.8 cm³/mol. The van der Waals surface area contributed by atoms with E-state index < -0.39 is 17.9 Å². The molecule has 112 valence electrons. The van der Waals surface area contributed by atoms with Gasteiger partial charge in [-0.05, 0) is 24.1 Å². The van der Waals surface area contributed by atoms with E-state index >= 15 is 0 Å². The maximum absolute atomic E-state index is 12.0. The van der Waals surface area contributed by atoms with E-state index in [2.05, 4.69) is 10.4 Å². The fraction of sp³-hybridized carbons (Fsp3) is 0.357. The summed E-state index contributed by atoms with van der Waals surface area (Å²) in [5.74, 6) is -1.17. The van der Waals surface area contributed by atoms with Gasteiger partial charge >= 0.3 is 5.97 Å². The zero-order valence-corrected chi connectivity index (χ0v) is 11.8. The first-order valence-electron chi connectivity index (χ1n) is 6.57. The van der Waals surface area contributed by atoms with Crippen molar-refractivity contribution in [3.63, 3.8) is 0 Å². The van der Waals surface area contributed by atoms with Gasteiger partial charge in [-0.15, -0.1) is 0 Å². The van der Waals surface area contributed by atoms with Crippen LogP contribution in [-0.4, -0.2) is 32.8 Å². The highest BCUT2D eigenvalue weighted by Gasteiger charge is 2.25. The number of aliphatic carboxylic acids is 1. The molecule has 0 saturated heterocycles. The van der Waals surface area contributed by atoms with Crippen LogP contribution in [-0.2, 0) is 11.3 Å². The van der Waals surface area contributed by atoms with Crippen molar-refractivity contribution in [2.45, 2.75) is 26.4 Å². The minimum atomic E-state index is -1.07. The third-order valence-corrected chi connectivity index (χ3v) is 2.98. The molecule has 0 spiro atoms. The lowest BCUT2D eigenvalue weighted by atomic mass is 10.0. The fourth-order valence-corrected chi connectivity index (χ4v) is 1.86. The maximum atomic E-state index is 12.0. The van der Waals surface area contributed by atoms with Crippen LogP contribution in [0.25, 0.3) is 0 Å². The number of hydrogen-bond acceptors (Lipinski definition) is 4. The van der Waals surface area contributed by atoms with Gasteiger partial charge in [-0.1, -0.05) is 13.8 Å². The summed E-state index contributed by atoms with van der Waals surface area (Å²) in [7, 11) is 0. The molecule has 0 aromatic carbocycles. The van der Waals surface area contributed by atoms with E-state index in [4.69, 9.17) is 9.52 Å². The quantitative estimate of drug-likeness (QED) is 0.837. The summed E-state index contributed by atoms with van der Waals surface area (Å²) in [4.78, 5) is 23.1. The molecular formula is C14H17N3O4. The molecule has 2 heterocycles. The number of nitrogens with zero attached hydrogens (tertiary/aromatic N) is 2. The summed E-state index contributed by atoms with van der Waals surface area (Å²) in [6, 6.07) is 4.03. The summed E-state index contributed by atoms with van der Waals surface area (Å²) in [5, 5.41) is 15.5. The number of hydrogen-bond donors (Lipinski definition) is 2. The zero-order valence-electron chi connectivity index (χ0n) is 11.8. The molecule has 0 aliphatic carbocycles. The second kappa shape index (κ2) is 6.25. The average Bonchev–Trinajstić information content (AvgIpc) is 3.07. The Balaban J connectivity index is 2.03. The number of rotatable bonds is 6. The van der Waals surface area contributed by atoms with Gasteiger partial charge in [0, 0.05) is 12.4 Å². The molecule has 2 aromatic rings. The Morgan fingerprint density at radius 1 is 1.43 bits per heavy atom. The number of carboxylic acids is 1. The standard InChI is InChI=1S/C14H17N3O4/c1-9(2)12(14(19)20)16-13(18)11-5-4-10(21-11)8-17-7-3-6-15-17/h3-7,9,12H,8H2,1-2H3,(H,16,18)(H,19,20)/t12-/m0/s1. The molecule has 0 fully saturated rings. The van der Waals surface area contributed by atoms with Crippen LogP contribution in [0.3, 0.4) is 0 Å². The first-order valence-corrected chi connectivity index (χ1v) is 6.57. The van der Waals surface area contributed by atoms with Crippen LogP contribution in [0.15, 0.2) is 35.0 Å². The molecule has 7 nitrogen and oxygen atoms in total. The lowest BCUT2D eigenvalue weighted by Crippen LogP contribution is -2.44. The maximum Gasteiger partial charge on any atom is 0.326 e. The lowest BCUT2D eigenvalue weighted by molar-refractivity contribution is -0.140. The molecule has 0 radical (unpaired) electrons. The number of amides is 1. The van der Waals surface area contributed by atoms with E-state index in [0.29, 0.717) is 12.3 Å². The summed E-state index contributed by atoms with van der Waals surface area (Å²) in [5.41, 5.74) is 0. The fourth-order valence-electron chi connectivity index (χ4n) is 1.86. The summed E-state index contributed by atoms with van der Waals surface area (Å²) >= 11 is 0. The Hall–Kier alpha value is -2.57. The van der Waals surface area contributed by atoms with Crippen molar-refractivity contribution in [1.82, 2.24) is 15.1 Å². The van der Waals surface area contributed by atoms with E-state index in [1.165, 1.54) is 6.07 Å². The van der Waals surface area contributed by atoms with Crippen LogP contribution in [0.2, 0.25) is 0 Å². The Morgan fingerprint density at radius 2 is 2.19 bits per heavy atom. The molecule has 7 heteroatoms. The van der Waals surface area contributed by atoms with Gasteiger partial charge in [-0.2, -0.15) is 5.10 Å². The number of aromatic nitrogens is 2. The van der Waals surface area contributed by atoms with Crippen LogP contribution in [0.1, 0.15) is 30.2 Å². The topological polar surface area (TPSA) is 97.4 Å². The van der Waals surface area contributed by atoms with E-state index in [1.54, 1.807) is 43.1 Å². The second-order valence-electron chi connectivity index (χ2n) is 5.00. The van der Waals surface area contributed by atoms with Crippen LogP contribution in [0.5, 0.6) is 0 Å². The Morgan fingerprint density at radius 3 is 2.76 bits per heavy atom. The highest BCUT2D eigenvalue weighted by molar-refractivity contribution is 5.94. The van der Waals surface area contributed by atoms with Crippen LogP contribution in [0, 0.1) is 5.92 Å². The third-order valence-electron chi connectivity index (χ3n) is 2.98. The first kappa shape index (κ1) is 14.8. The minimum Gasteiger partial charge on any atom is -0.480 e. The van der Waals surface area contributed by atoms with Crippen molar-refractivity contribution in [3.05, 3.63) is 42.1 Å². The van der Waals surface area contributed by atoms with Gasteiger partial charge in [-0.25, -0.2) is 4.79 Å². The Labute approximate surface area is 121 Å². The van der Waals surface area contributed by atoms with E-state index in [-0.39, 0.29) is 11.7 Å². The van der Waals surface area contributed by atoms with Gasteiger partial charge in [-0.3, -0.25) is 9.48 Å². The molecule has 1 amide bonds. The lowest BCUT2D eigenvalue weighted by Gasteiger charge is -2.16. The molecule has 2 rings (SSSR count). The molecular weight excluding hydrogens is 274 g/mol. The summed E-state index contributed by atoms with van der Waals surface area (Å²) in [6.07, 6.45) is 3.43. The van der Waals surface area contributed by atoms with Crippen molar-refractivity contribution >= 4 is 11.9 Å². The molecule has 2 N–H and O–H groups in total. The molecule has 21 heavy (non-hydrogen) atoms. The highest BCUT2D eigenvalue weighted by Crippen LogP contribution is 2.11. The van der Waals surface area contributed by atoms with Gasteiger partial charge in [0.2, 0.25) is 0 Å². The largest absolute Gasteiger partial charge is 0.480 e. The van der Waals surface area contributed by atoms with E-state index in [1.807, 2.05) is 0 Å². The molecule has 0 bridgehead atoms. The van der Waals surface area contributed by atoms with E-state index in [9.17, 15) is 9.59 Å². The summed E-state index contributed by atoms with van der Waals surface area (Å²) < 4.78 is 7.07. The molecule has 0 unspecified atom stereocenters. The van der Waals surface area contributed by atoms with Crippen molar-refractivity contribution < 1.29 is 19.1 Å². The molecule has 0 aliphatic heterocycles. The van der Waals surface area contributed by atoms with Gasteiger partial charge in [0.1, 0.15) is 11.8 Å².